The molecular weight excluding hydrogens is 656 g/mol. The van der Waals surface area contributed by atoms with Crippen LogP contribution in [0.3, 0.4) is 0 Å². The zero-order valence-corrected chi connectivity index (χ0v) is 25.8. The third kappa shape index (κ3) is 6.27. The second-order valence-electron chi connectivity index (χ2n) is 9.73. The van der Waals surface area contributed by atoms with Gasteiger partial charge < -0.3 is 24.8 Å². The van der Waals surface area contributed by atoms with E-state index in [2.05, 4.69) is 31.9 Å². The maximum atomic E-state index is 13.9. The van der Waals surface area contributed by atoms with E-state index >= 15 is 0 Å². The van der Waals surface area contributed by atoms with Crippen LogP contribution >= 0.6 is 31.9 Å². The summed E-state index contributed by atoms with van der Waals surface area (Å²) in [5.41, 5.74) is -0.200. The number of ether oxygens (including phenoxy) is 2. The SMILES string of the molecule is COC(=C(O)C(=O)c1ccc(C2(O)CCCCC2)c(C(=O)C(O)=C(OC)c2ccccc2Br)c1)c1ccccc1Br. The van der Waals surface area contributed by atoms with E-state index in [1.165, 1.54) is 32.4 Å². The lowest BCUT2D eigenvalue weighted by molar-refractivity contribution is -0.00135. The van der Waals surface area contributed by atoms with Crippen molar-refractivity contribution in [1.29, 1.82) is 0 Å². The fourth-order valence-corrected chi connectivity index (χ4v) is 6.04. The van der Waals surface area contributed by atoms with Gasteiger partial charge in [-0.1, -0.05) is 87.5 Å². The molecule has 0 spiro atoms. The van der Waals surface area contributed by atoms with Gasteiger partial charge in [0.05, 0.1) is 19.8 Å². The topological polar surface area (TPSA) is 113 Å². The quantitative estimate of drug-likeness (QED) is 0.119. The summed E-state index contributed by atoms with van der Waals surface area (Å²) >= 11 is 6.82. The third-order valence-electron chi connectivity index (χ3n) is 7.21. The molecule has 214 valence electrons. The molecular formula is C32H30Br2O7. The molecule has 0 bridgehead atoms. The number of allylic oxidation sites excluding steroid dienone is 2. The van der Waals surface area contributed by atoms with Crippen molar-refractivity contribution in [2.24, 2.45) is 0 Å². The van der Waals surface area contributed by atoms with Crippen molar-refractivity contribution in [1.82, 2.24) is 0 Å². The Bertz CT molecular complexity index is 1530. The van der Waals surface area contributed by atoms with E-state index in [1.54, 1.807) is 48.5 Å². The number of aliphatic hydroxyl groups excluding tert-OH is 2. The minimum absolute atomic E-state index is 0.0247. The zero-order chi connectivity index (χ0) is 29.7. The molecule has 0 aliphatic heterocycles. The van der Waals surface area contributed by atoms with Gasteiger partial charge in [-0.05, 0) is 48.7 Å². The highest BCUT2D eigenvalue weighted by Gasteiger charge is 2.36. The average Bonchev–Trinajstić information content (AvgIpc) is 2.99. The number of rotatable bonds is 9. The largest absolute Gasteiger partial charge is 0.502 e. The van der Waals surface area contributed by atoms with Crippen LogP contribution in [0.1, 0.15) is 69.5 Å². The molecule has 9 heteroatoms. The van der Waals surface area contributed by atoms with Crippen LogP contribution in [0.25, 0.3) is 11.5 Å². The number of Topliss-reactive ketones (excluding diaryl/α,β-unsaturated/α-hetero) is 2. The molecule has 0 amide bonds. The Hall–Kier alpha value is -3.40. The van der Waals surface area contributed by atoms with E-state index in [0.717, 1.165) is 19.3 Å². The van der Waals surface area contributed by atoms with Gasteiger partial charge in [-0.3, -0.25) is 9.59 Å². The normalized spacial score (nSPS) is 15.8. The second kappa shape index (κ2) is 13.1. The lowest BCUT2D eigenvalue weighted by atomic mass is 9.76. The van der Waals surface area contributed by atoms with Crippen molar-refractivity contribution < 1.29 is 34.4 Å². The van der Waals surface area contributed by atoms with Gasteiger partial charge in [0.2, 0.25) is 23.1 Å². The molecule has 0 saturated heterocycles. The Labute approximate surface area is 255 Å². The van der Waals surface area contributed by atoms with Crippen molar-refractivity contribution >= 4 is 54.9 Å². The smallest absolute Gasteiger partial charge is 0.231 e. The van der Waals surface area contributed by atoms with E-state index < -0.39 is 28.7 Å². The molecule has 3 aromatic carbocycles. The number of ketones is 2. The van der Waals surface area contributed by atoms with Gasteiger partial charge in [0.25, 0.3) is 0 Å². The lowest BCUT2D eigenvalue weighted by Crippen LogP contribution is -2.31. The van der Waals surface area contributed by atoms with E-state index in [4.69, 9.17) is 9.47 Å². The summed E-state index contributed by atoms with van der Waals surface area (Å²) in [4.78, 5) is 27.4. The van der Waals surface area contributed by atoms with Gasteiger partial charge in [0.15, 0.2) is 11.5 Å². The number of aliphatic hydroxyl groups is 3. The molecule has 7 nitrogen and oxygen atoms in total. The van der Waals surface area contributed by atoms with E-state index in [0.29, 0.717) is 38.5 Å². The molecule has 0 unspecified atom stereocenters. The summed E-state index contributed by atoms with van der Waals surface area (Å²) in [5.74, 6) is -3.09. The van der Waals surface area contributed by atoms with E-state index in [9.17, 15) is 24.9 Å². The molecule has 4 rings (SSSR count). The van der Waals surface area contributed by atoms with E-state index in [1.807, 2.05) is 0 Å². The van der Waals surface area contributed by atoms with E-state index in [-0.39, 0.29) is 22.6 Å². The standard InChI is InChI=1S/C32H30Br2O7/c1-40-30(20-10-4-6-12-24(20)33)28(37)26(35)19-14-15-23(32(39)16-8-3-9-17-32)22(18-19)27(36)29(38)31(41-2)21-11-5-7-13-25(21)34/h4-7,10-15,18,37-39H,3,8-9,16-17H2,1-2H3. The molecule has 41 heavy (non-hydrogen) atoms. The first-order valence-corrected chi connectivity index (χ1v) is 14.6. The van der Waals surface area contributed by atoms with Crippen LogP contribution in [0.15, 0.2) is 87.2 Å². The Morgan fingerprint density at radius 2 is 1.20 bits per heavy atom. The van der Waals surface area contributed by atoms with Crippen LogP contribution in [0.2, 0.25) is 0 Å². The number of carbonyl (C=O) groups is 2. The van der Waals surface area contributed by atoms with Crippen molar-refractivity contribution in [2.45, 2.75) is 37.7 Å². The molecule has 1 aliphatic rings. The minimum Gasteiger partial charge on any atom is -0.502 e. The highest BCUT2D eigenvalue weighted by molar-refractivity contribution is 9.10. The van der Waals surface area contributed by atoms with Crippen LogP contribution in [0.4, 0.5) is 0 Å². The summed E-state index contributed by atoms with van der Waals surface area (Å²) in [6.45, 7) is 0. The molecule has 0 heterocycles. The average molecular weight is 686 g/mol. The summed E-state index contributed by atoms with van der Waals surface area (Å²) in [6.07, 6.45) is 3.33. The minimum atomic E-state index is -1.32. The summed E-state index contributed by atoms with van der Waals surface area (Å²) in [5, 5.41) is 33.8. The lowest BCUT2D eigenvalue weighted by Gasteiger charge is -2.34. The third-order valence-corrected chi connectivity index (χ3v) is 8.60. The highest BCUT2D eigenvalue weighted by Crippen LogP contribution is 2.40. The molecule has 0 atom stereocenters. The van der Waals surface area contributed by atoms with Gasteiger partial charge in [-0.2, -0.15) is 0 Å². The fourth-order valence-electron chi connectivity index (χ4n) is 5.11. The van der Waals surface area contributed by atoms with Gasteiger partial charge in [-0.15, -0.1) is 0 Å². The fraction of sp³-hybridized carbons (Fsp3) is 0.250. The first kappa shape index (κ1) is 30.6. The van der Waals surface area contributed by atoms with Gasteiger partial charge >= 0.3 is 0 Å². The number of halogens is 2. The van der Waals surface area contributed by atoms with Crippen LogP contribution < -0.4 is 0 Å². The Morgan fingerprint density at radius 3 is 1.68 bits per heavy atom. The zero-order valence-electron chi connectivity index (χ0n) is 22.6. The molecule has 1 fully saturated rings. The molecule has 3 N–H and O–H groups in total. The van der Waals surface area contributed by atoms with Crippen molar-refractivity contribution in [3.05, 3.63) is 115 Å². The molecule has 3 aromatic rings. The Morgan fingerprint density at radius 1 is 0.707 bits per heavy atom. The molecule has 1 aliphatic carbocycles. The predicted molar refractivity (Wildman–Crippen MR) is 163 cm³/mol. The summed E-state index contributed by atoms with van der Waals surface area (Å²) in [6, 6.07) is 18.2. The number of hydrogen-bond donors (Lipinski definition) is 3. The maximum Gasteiger partial charge on any atom is 0.231 e. The summed E-state index contributed by atoms with van der Waals surface area (Å²) < 4.78 is 12.0. The summed E-state index contributed by atoms with van der Waals surface area (Å²) in [7, 11) is 2.68. The maximum absolute atomic E-state index is 13.9. The number of benzene rings is 3. The number of hydrogen-bond acceptors (Lipinski definition) is 7. The van der Waals surface area contributed by atoms with Crippen LogP contribution in [-0.2, 0) is 15.1 Å². The molecule has 0 radical (unpaired) electrons. The van der Waals surface area contributed by atoms with Gasteiger partial charge in [0, 0.05) is 31.2 Å². The monoisotopic (exact) mass is 684 g/mol. The Balaban J connectivity index is 1.88. The number of carbonyl (C=O) groups excluding carboxylic acids is 2. The van der Waals surface area contributed by atoms with Crippen molar-refractivity contribution in [3.63, 3.8) is 0 Å². The molecule has 0 aromatic heterocycles. The predicted octanol–water partition coefficient (Wildman–Crippen LogP) is 7.88. The van der Waals surface area contributed by atoms with Crippen molar-refractivity contribution in [3.8, 4) is 0 Å². The Kier molecular flexibility index (Phi) is 9.73. The van der Waals surface area contributed by atoms with Crippen LogP contribution in [0.5, 0.6) is 0 Å². The van der Waals surface area contributed by atoms with Gasteiger partial charge in [0.1, 0.15) is 0 Å². The number of methoxy groups -OCH3 is 2. The van der Waals surface area contributed by atoms with Crippen LogP contribution in [0, 0.1) is 0 Å². The van der Waals surface area contributed by atoms with Crippen molar-refractivity contribution in [2.75, 3.05) is 14.2 Å². The van der Waals surface area contributed by atoms with Crippen LogP contribution in [-0.4, -0.2) is 41.1 Å². The second-order valence-corrected chi connectivity index (χ2v) is 11.4. The first-order valence-electron chi connectivity index (χ1n) is 13.0. The highest BCUT2D eigenvalue weighted by atomic mass is 79.9. The first-order chi connectivity index (χ1) is 19.6. The van der Waals surface area contributed by atoms with Gasteiger partial charge in [-0.25, -0.2) is 0 Å². The molecule has 1 saturated carbocycles.